The predicted octanol–water partition coefficient (Wildman–Crippen LogP) is 3.62. The van der Waals surface area contributed by atoms with Crippen LogP contribution >= 0.6 is 22.9 Å². The van der Waals surface area contributed by atoms with E-state index >= 15 is 0 Å². The second-order valence-electron chi connectivity index (χ2n) is 4.47. The van der Waals surface area contributed by atoms with Gasteiger partial charge in [0.2, 0.25) is 0 Å². The minimum absolute atomic E-state index is 0.113. The van der Waals surface area contributed by atoms with Gasteiger partial charge in [0.1, 0.15) is 12.4 Å². The van der Waals surface area contributed by atoms with Crippen LogP contribution in [0.4, 0.5) is 4.79 Å². The zero-order valence-electron chi connectivity index (χ0n) is 11.7. The molecule has 0 spiro atoms. The number of nitrogens with zero attached hydrogens (tertiary/aromatic N) is 1. The molecule has 21 heavy (non-hydrogen) atoms. The van der Waals surface area contributed by atoms with Crippen molar-refractivity contribution in [2.24, 2.45) is 0 Å². The Labute approximate surface area is 133 Å². The van der Waals surface area contributed by atoms with Crippen molar-refractivity contribution >= 4 is 29.0 Å². The van der Waals surface area contributed by atoms with E-state index in [0.717, 1.165) is 4.88 Å². The number of benzene rings is 1. The molecular weight excluding hydrogens is 308 g/mol. The summed E-state index contributed by atoms with van der Waals surface area (Å²) >= 11 is 7.50. The third kappa shape index (κ3) is 5.28. The maximum absolute atomic E-state index is 11.9. The van der Waals surface area contributed by atoms with E-state index in [0.29, 0.717) is 30.5 Å². The fourth-order valence-corrected chi connectivity index (χ4v) is 2.49. The van der Waals surface area contributed by atoms with Gasteiger partial charge in [-0.1, -0.05) is 23.7 Å². The number of urea groups is 1. The molecule has 1 heterocycles. The molecule has 112 valence electrons. The van der Waals surface area contributed by atoms with Crippen molar-refractivity contribution in [3.63, 3.8) is 0 Å². The van der Waals surface area contributed by atoms with Crippen LogP contribution in [0.1, 0.15) is 4.88 Å². The molecule has 0 fully saturated rings. The van der Waals surface area contributed by atoms with Crippen LogP contribution in [0.3, 0.4) is 0 Å². The maximum atomic E-state index is 11.9. The third-order valence-corrected chi connectivity index (χ3v) is 3.94. The average molecular weight is 325 g/mol. The lowest BCUT2D eigenvalue weighted by molar-refractivity contribution is 0.195. The number of hydrogen-bond donors (Lipinski definition) is 1. The van der Waals surface area contributed by atoms with E-state index in [-0.39, 0.29) is 6.03 Å². The first-order chi connectivity index (χ1) is 10.1. The number of nitrogens with one attached hydrogen (secondary N) is 1. The Morgan fingerprint density at radius 3 is 2.95 bits per heavy atom. The van der Waals surface area contributed by atoms with Crippen LogP contribution in [0.25, 0.3) is 0 Å². The van der Waals surface area contributed by atoms with Crippen LogP contribution in [-0.2, 0) is 6.54 Å². The quantitative estimate of drug-likeness (QED) is 0.881. The molecule has 0 saturated heterocycles. The third-order valence-electron chi connectivity index (χ3n) is 2.83. The van der Waals surface area contributed by atoms with Crippen LogP contribution in [0.2, 0.25) is 5.02 Å². The maximum Gasteiger partial charge on any atom is 0.317 e. The van der Waals surface area contributed by atoms with E-state index in [9.17, 15) is 4.79 Å². The summed E-state index contributed by atoms with van der Waals surface area (Å²) in [6.07, 6.45) is 0. The molecule has 4 nitrogen and oxygen atoms in total. The van der Waals surface area contributed by atoms with Gasteiger partial charge >= 0.3 is 6.03 Å². The summed E-state index contributed by atoms with van der Waals surface area (Å²) in [7, 11) is 1.74. The number of likely N-dealkylation sites (N-methyl/N-ethyl adjacent to an activating group) is 1. The number of hydrogen-bond acceptors (Lipinski definition) is 3. The Bertz CT molecular complexity index is 575. The minimum atomic E-state index is -0.113. The van der Waals surface area contributed by atoms with Gasteiger partial charge in [-0.05, 0) is 29.6 Å². The van der Waals surface area contributed by atoms with E-state index in [1.165, 1.54) is 0 Å². The van der Waals surface area contributed by atoms with Gasteiger partial charge in [0.15, 0.2) is 0 Å². The normalized spacial score (nSPS) is 10.2. The number of amides is 2. The Balaban J connectivity index is 1.68. The Morgan fingerprint density at radius 2 is 2.24 bits per heavy atom. The van der Waals surface area contributed by atoms with Gasteiger partial charge in [-0.3, -0.25) is 0 Å². The summed E-state index contributed by atoms with van der Waals surface area (Å²) in [4.78, 5) is 14.6. The van der Waals surface area contributed by atoms with Crippen LogP contribution in [0.15, 0.2) is 41.8 Å². The summed E-state index contributed by atoms with van der Waals surface area (Å²) in [5.41, 5.74) is 0. The van der Waals surface area contributed by atoms with Gasteiger partial charge in [-0.15, -0.1) is 11.3 Å². The molecule has 0 atom stereocenters. The first-order valence-corrected chi connectivity index (χ1v) is 7.80. The highest BCUT2D eigenvalue weighted by atomic mass is 35.5. The molecule has 0 saturated carbocycles. The van der Waals surface area contributed by atoms with Crippen LogP contribution in [0, 0.1) is 0 Å². The van der Waals surface area contributed by atoms with E-state index in [1.54, 1.807) is 35.4 Å². The van der Waals surface area contributed by atoms with Gasteiger partial charge in [0.05, 0.1) is 13.1 Å². The topological polar surface area (TPSA) is 41.6 Å². The van der Waals surface area contributed by atoms with E-state index in [4.69, 9.17) is 16.3 Å². The van der Waals surface area contributed by atoms with Crippen molar-refractivity contribution in [1.82, 2.24) is 10.2 Å². The van der Waals surface area contributed by atoms with Crippen molar-refractivity contribution < 1.29 is 9.53 Å². The SMILES string of the molecule is CN(CCOc1cccc(Cl)c1)C(=O)NCc1cccs1. The van der Waals surface area contributed by atoms with Crippen molar-refractivity contribution in [1.29, 1.82) is 0 Å². The molecule has 0 unspecified atom stereocenters. The molecule has 2 aromatic rings. The van der Waals surface area contributed by atoms with E-state index in [2.05, 4.69) is 5.32 Å². The van der Waals surface area contributed by atoms with E-state index in [1.807, 2.05) is 29.6 Å². The highest BCUT2D eigenvalue weighted by Gasteiger charge is 2.08. The lowest BCUT2D eigenvalue weighted by atomic mass is 10.3. The van der Waals surface area contributed by atoms with Gasteiger partial charge in [0.25, 0.3) is 0 Å². The second-order valence-corrected chi connectivity index (χ2v) is 5.93. The minimum Gasteiger partial charge on any atom is -0.492 e. The van der Waals surface area contributed by atoms with Gasteiger partial charge in [-0.25, -0.2) is 4.79 Å². The smallest absolute Gasteiger partial charge is 0.317 e. The highest BCUT2D eigenvalue weighted by molar-refractivity contribution is 7.09. The molecule has 0 aliphatic rings. The first-order valence-electron chi connectivity index (χ1n) is 6.55. The van der Waals surface area contributed by atoms with Gasteiger partial charge in [-0.2, -0.15) is 0 Å². The van der Waals surface area contributed by atoms with Gasteiger partial charge in [0, 0.05) is 16.9 Å². The fourth-order valence-electron chi connectivity index (χ4n) is 1.67. The molecule has 0 bridgehead atoms. The number of carbonyl (C=O) groups is 1. The van der Waals surface area contributed by atoms with Crippen LogP contribution in [-0.4, -0.2) is 31.1 Å². The predicted molar refractivity (Wildman–Crippen MR) is 86.1 cm³/mol. The number of ether oxygens (including phenoxy) is 1. The molecule has 2 amide bonds. The number of thiophene rings is 1. The fraction of sp³-hybridized carbons (Fsp3) is 0.267. The highest BCUT2D eigenvalue weighted by Crippen LogP contribution is 2.16. The second kappa shape index (κ2) is 7.90. The molecular formula is C15H17ClN2O2S. The Kier molecular flexibility index (Phi) is 5.90. The Morgan fingerprint density at radius 1 is 1.38 bits per heavy atom. The van der Waals surface area contributed by atoms with Crippen LogP contribution in [0.5, 0.6) is 5.75 Å². The van der Waals surface area contributed by atoms with Crippen molar-refractivity contribution in [2.45, 2.75) is 6.54 Å². The average Bonchev–Trinajstić information content (AvgIpc) is 2.98. The first kappa shape index (κ1) is 15.7. The monoisotopic (exact) mass is 324 g/mol. The van der Waals surface area contributed by atoms with Crippen molar-refractivity contribution in [2.75, 3.05) is 20.2 Å². The largest absolute Gasteiger partial charge is 0.492 e. The zero-order valence-corrected chi connectivity index (χ0v) is 13.3. The molecule has 1 aromatic heterocycles. The van der Waals surface area contributed by atoms with E-state index < -0.39 is 0 Å². The molecule has 2 rings (SSSR count). The van der Waals surface area contributed by atoms with Gasteiger partial charge < -0.3 is 15.0 Å². The number of rotatable bonds is 6. The number of halogens is 1. The lowest BCUT2D eigenvalue weighted by Crippen LogP contribution is -2.38. The molecule has 0 radical (unpaired) electrons. The zero-order chi connectivity index (χ0) is 15.1. The summed E-state index contributed by atoms with van der Waals surface area (Å²) in [6.45, 7) is 1.47. The van der Waals surface area contributed by atoms with Crippen LogP contribution < -0.4 is 10.1 Å². The number of carbonyl (C=O) groups excluding carboxylic acids is 1. The summed E-state index contributed by atoms with van der Waals surface area (Å²) < 4.78 is 5.55. The lowest BCUT2D eigenvalue weighted by Gasteiger charge is -2.18. The van der Waals surface area contributed by atoms with Crippen molar-refractivity contribution in [3.05, 3.63) is 51.7 Å². The summed E-state index contributed by atoms with van der Waals surface area (Å²) in [5, 5.41) is 5.49. The summed E-state index contributed by atoms with van der Waals surface area (Å²) in [6, 6.07) is 11.1. The molecule has 1 N–H and O–H groups in total. The standard InChI is InChI=1S/C15H17ClN2O2S/c1-18(15(19)17-11-14-6-3-9-21-14)7-8-20-13-5-2-4-12(16)10-13/h2-6,9-10H,7-8,11H2,1H3,(H,17,19). The Hall–Kier alpha value is -1.72. The molecule has 1 aromatic carbocycles. The summed E-state index contributed by atoms with van der Waals surface area (Å²) in [5.74, 6) is 0.704. The molecule has 6 heteroatoms. The molecule has 0 aliphatic heterocycles. The van der Waals surface area contributed by atoms with Crippen molar-refractivity contribution in [3.8, 4) is 5.75 Å². The molecule has 0 aliphatic carbocycles.